The molecule has 0 saturated carbocycles. The fraction of sp³-hybridized carbons (Fsp3) is 0.120. The molecule has 1 aliphatic heterocycles. The summed E-state index contributed by atoms with van der Waals surface area (Å²) in [7, 11) is 1.60. The number of nitrogens with zero attached hydrogens (tertiary/aromatic N) is 1. The van der Waals surface area contributed by atoms with Gasteiger partial charge in [-0.25, -0.2) is 0 Å². The van der Waals surface area contributed by atoms with Gasteiger partial charge in [-0.05, 0) is 48.4 Å². The third-order valence-electron chi connectivity index (χ3n) is 4.81. The number of benzene rings is 3. The molecule has 0 atom stereocenters. The molecule has 0 radical (unpaired) electrons. The summed E-state index contributed by atoms with van der Waals surface area (Å²) in [4.78, 5) is 15.1. The second-order valence-electron chi connectivity index (χ2n) is 7.04. The van der Waals surface area contributed by atoms with Crippen molar-refractivity contribution in [3.8, 4) is 11.5 Å². The average Bonchev–Trinajstić information content (AvgIpc) is 3.07. The first-order valence-corrected chi connectivity index (χ1v) is 11.0. The smallest absolute Gasteiger partial charge is 0.270 e. The lowest BCUT2D eigenvalue weighted by Gasteiger charge is -2.14. The van der Waals surface area contributed by atoms with E-state index in [1.54, 1.807) is 12.0 Å². The summed E-state index contributed by atoms with van der Waals surface area (Å²) in [6, 6.07) is 23.3. The average molecular weight is 448 g/mol. The molecule has 156 valence electrons. The summed E-state index contributed by atoms with van der Waals surface area (Å²) in [6.45, 7) is 2.46. The number of thioether (sulfide) groups is 1. The van der Waals surface area contributed by atoms with Crippen molar-refractivity contribution in [2.75, 3.05) is 12.0 Å². The van der Waals surface area contributed by atoms with Gasteiger partial charge in [0.05, 0.1) is 17.7 Å². The monoisotopic (exact) mass is 447 g/mol. The maximum absolute atomic E-state index is 13.0. The molecular formula is C25H21NO3S2. The van der Waals surface area contributed by atoms with E-state index >= 15 is 0 Å². The number of anilines is 1. The molecule has 1 amide bonds. The minimum Gasteiger partial charge on any atom is -0.493 e. The molecule has 1 aliphatic rings. The molecule has 4 nitrogen and oxygen atoms in total. The van der Waals surface area contributed by atoms with Crippen molar-refractivity contribution in [1.29, 1.82) is 0 Å². The lowest BCUT2D eigenvalue weighted by molar-refractivity contribution is -0.113. The second kappa shape index (κ2) is 9.37. The van der Waals surface area contributed by atoms with Gasteiger partial charge in [-0.3, -0.25) is 9.69 Å². The van der Waals surface area contributed by atoms with Crippen molar-refractivity contribution in [2.24, 2.45) is 0 Å². The molecule has 1 saturated heterocycles. The zero-order chi connectivity index (χ0) is 21.8. The van der Waals surface area contributed by atoms with Crippen LogP contribution < -0.4 is 14.4 Å². The van der Waals surface area contributed by atoms with Gasteiger partial charge in [-0.1, -0.05) is 78.1 Å². The molecule has 0 spiro atoms. The van der Waals surface area contributed by atoms with E-state index in [4.69, 9.17) is 21.7 Å². The maximum Gasteiger partial charge on any atom is 0.270 e. The van der Waals surface area contributed by atoms with Crippen LogP contribution in [0.1, 0.15) is 16.7 Å². The number of carbonyl (C=O) groups excluding carboxylic acids is 1. The van der Waals surface area contributed by atoms with Crippen molar-refractivity contribution in [3.63, 3.8) is 0 Å². The van der Waals surface area contributed by atoms with Crippen molar-refractivity contribution in [1.82, 2.24) is 0 Å². The third-order valence-corrected chi connectivity index (χ3v) is 6.11. The molecule has 3 aromatic rings. The largest absolute Gasteiger partial charge is 0.493 e. The number of ether oxygens (including phenoxy) is 2. The van der Waals surface area contributed by atoms with E-state index in [1.807, 2.05) is 85.8 Å². The Morgan fingerprint density at radius 3 is 2.45 bits per heavy atom. The van der Waals surface area contributed by atoms with E-state index < -0.39 is 0 Å². The molecule has 0 bridgehead atoms. The van der Waals surface area contributed by atoms with Crippen LogP contribution >= 0.6 is 24.0 Å². The van der Waals surface area contributed by atoms with Crippen LogP contribution in [0.15, 0.2) is 77.7 Å². The number of amides is 1. The molecule has 0 unspecified atom stereocenters. The zero-order valence-corrected chi connectivity index (χ0v) is 18.8. The highest BCUT2D eigenvalue weighted by atomic mass is 32.2. The van der Waals surface area contributed by atoms with Gasteiger partial charge in [0.1, 0.15) is 6.61 Å². The van der Waals surface area contributed by atoms with Crippen LogP contribution in [-0.4, -0.2) is 17.3 Å². The Morgan fingerprint density at radius 1 is 1.00 bits per heavy atom. The minimum atomic E-state index is -0.123. The number of hydrogen-bond donors (Lipinski definition) is 0. The zero-order valence-electron chi connectivity index (χ0n) is 17.2. The molecule has 1 heterocycles. The van der Waals surface area contributed by atoms with Gasteiger partial charge in [-0.15, -0.1) is 0 Å². The number of hydrogen-bond acceptors (Lipinski definition) is 5. The number of rotatable bonds is 6. The fourth-order valence-corrected chi connectivity index (χ4v) is 4.46. The molecule has 0 N–H and O–H groups in total. The highest BCUT2D eigenvalue weighted by molar-refractivity contribution is 8.27. The van der Waals surface area contributed by atoms with Gasteiger partial charge < -0.3 is 9.47 Å². The highest BCUT2D eigenvalue weighted by Crippen LogP contribution is 2.37. The lowest BCUT2D eigenvalue weighted by atomic mass is 10.1. The fourth-order valence-electron chi connectivity index (χ4n) is 3.16. The van der Waals surface area contributed by atoms with Crippen LogP contribution in [0.3, 0.4) is 0 Å². The third kappa shape index (κ3) is 4.81. The van der Waals surface area contributed by atoms with Crippen LogP contribution in [-0.2, 0) is 11.4 Å². The van der Waals surface area contributed by atoms with E-state index in [0.717, 1.165) is 22.4 Å². The van der Waals surface area contributed by atoms with Crippen LogP contribution in [0.25, 0.3) is 6.08 Å². The Hall–Kier alpha value is -3.09. The molecule has 1 fully saturated rings. The molecule has 6 heteroatoms. The number of aryl methyl sites for hydroxylation is 1. The first kappa shape index (κ1) is 21.2. The summed E-state index contributed by atoms with van der Waals surface area (Å²) in [5.74, 6) is 1.14. The molecule has 31 heavy (non-hydrogen) atoms. The first-order valence-electron chi connectivity index (χ1n) is 9.74. The van der Waals surface area contributed by atoms with Gasteiger partial charge in [-0.2, -0.15) is 0 Å². The summed E-state index contributed by atoms with van der Waals surface area (Å²) in [5.41, 5.74) is 3.83. The Kier molecular flexibility index (Phi) is 6.39. The number of methoxy groups -OCH3 is 1. The quantitative estimate of drug-likeness (QED) is 0.343. The normalized spacial score (nSPS) is 14.9. The highest BCUT2D eigenvalue weighted by Gasteiger charge is 2.33. The van der Waals surface area contributed by atoms with Gasteiger partial charge in [0.25, 0.3) is 5.91 Å². The maximum atomic E-state index is 13.0. The Labute approximate surface area is 191 Å². The van der Waals surface area contributed by atoms with E-state index in [9.17, 15) is 4.79 Å². The van der Waals surface area contributed by atoms with Crippen LogP contribution in [0.4, 0.5) is 5.69 Å². The summed E-state index contributed by atoms with van der Waals surface area (Å²) in [5, 5.41) is 0. The van der Waals surface area contributed by atoms with Gasteiger partial charge in [0.2, 0.25) is 0 Å². The molecule has 0 aliphatic carbocycles. The summed E-state index contributed by atoms with van der Waals surface area (Å²) >= 11 is 6.76. The predicted octanol–water partition coefficient (Wildman–Crippen LogP) is 5.99. The SMILES string of the molecule is COc1cc(C=C2SC(=S)N(c3ccc(C)cc3)C2=O)ccc1OCc1ccccc1. The van der Waals surface area contributed by atoms with E-state index in [0.29, 0.717) is 27.3 Å². The van der Waals surface area contributed by atoms with E-state index in [-0.39, 0.29) is 5.91 Å². The van der Waals surface area contributed by atoms with Crippen molar-refractivity contribution < 1.29 is 14.3 Å². The molecule has 4 rings (SSSR count). The van der Waals surface area contributed by atoms with Crippen LogP contribution in [0.5, 0.6) is 11.5 Å². The predicted molar refractivity (Wildman–Crippen MR) is 131 cm³/mol. The topological polar surface area (TPSA) is 38.8 Å². The molecule has 3 aromatic carbocycles. The van der Waals surface area contributed by atoms with Crippen molar-refractivity contribution in [2.45, 2.75) is 13.5 Å². The number of thiocarbonyl (C=S) groups is 1. The van der Waals surface area contributed by atoms with Gasteiger partial charge >= 0.3 is 0 Å². The molecule has 0 aromatic heterocycles. The van der Waals surface area contributed by atoms with Crippen LogP contribution in [0.2, 0.25) is 0 Å². The summed E-state index contributed by atoms with van der Waals surface area (Å²) < 4.78 is 11.9. The summed E-state index contributed by atoms with van der Waals surface area (Å²) in [6.07, 6.45) is 1.83. The van der Waals surface area contributed by atoms with Crippen LogP contribution in [0, 0.1) is 6.92 Å². The standard InChI is InChI=1S/C25H21NO3S2/c1-17-8-11-20(12-9-17)26-24(27)23(31-25(26)30)15-19-10-13-21(22(14-19)28-2)29-16-18-6-4-3-5-7-18/h3-15H,16H2,1-2H3. The van der Waals surface area contributed by atoms with Crippen molar-refractivity contribution >= 4 is 46.0 Å². The second-order valence-corrected chi connectivity index (χ2v) is 8.71. The van der Waals surface area contributed by atoms with E-state index in [2.05, 4.69) is 0 Å². The van der Waals surface area contributed by atoms with Crippen molar-refractivity contribution in [3.05, 3.63) is 94.4 Å². The Morgan fingerprint density at radius 2 is 1.74 bits per heavy atom. The van der Waals surface area contributed by atoms with Gasteiger partial charge in [0.15, 0.2) is 15.8 Å². The Bertz CT molecular complexity index is 1140. The van der Waals surface area contributed by atoms with Gasteiger partial charge in [0, 0.05) is 0 Å². The minimum absolute atomic E-state index is 0.123. The molecular weight excluding hydrogens is 426 g/mol. The van der Waals surface area contributed by atoms with E-state index in [1.165, 1.54) is 11.8 Å². The Balaban J connectivity index is 1.53. The number of carbonyl (C=O) groups is 1. The first-order chi connectivity index (χ1) is 15.0. The lowest BCUT2D eigenvalue weighted by Crippen LogP contribution is -2.27.